The number of aromatic hydroxyl groups is 1. The van der Waals surface area contributed by atoms with Crippen LogP contribution >= 0.6 is 11.3 Å². The Kier molecular flexibility index (Phi) is 5.02. The van der Waals surface area contributed by atoms with Crippen LogP contribution in [0.15, 0.2) is 17.5 Å². The predicted octanol–water partition coefficient (Wildman–Crippen LogP) is 4.30. The predicted molar refractivity (Wildman–Crippen MR) is 95.9 cm³/mol. The van der Waals surface area contributed by atoms with Crippen molar-refractivity contribution in [2.24, 2.45) is 5.92 Å². The molecule has 0 saturated carbocycles. The molecule has 4 heteroatoms. The minimum Gasteiger partial charge on any atom is -0.508 e. The molecule has 3 nitrogen and oxygen atoms in total. The third-order valence-electron chi connectivity index (χ3n) is 4.53. The van der Waals surface area contributed by atoms with Crippen molar-refractivity contribution in [1.82, 2.24) is 9.88 Å². The number of hydrogen-bond donors (Lipinski definition) is 1. The van der Waals surface area contributed by atoms with Crippen molar-refractivity contribution >= 4 is 11.3 Å². The summed E-state index contributed by atoms with van der Waals surface area (Å²) in [5, 5.41) is 13.3. The number of rotatable bonds is 5. The highest BCUT2D eigenvalue weighted by molar-refractivity contribution is 7.09. The van der Waals surface area contributed by atoms with E-state index in [0.717, 1.165) is 44.0 Å². The number of nitrogens with zero attached hydrogens (tertiary/aromatic N) is 2. The van der Waals surface area contributed by atoms with Crippen LogP contribution in [0.2, 0.25) is 0 Å². The van der Waals surface area contributed by atoms with Crippen molar-refractivity contribution < 1.29 is 5.11 Å². The summed E-state index contributed by atoms with van der Waals surface area (Å²) in [6.45, 7) is 9.41. The first-order valence-electron chi connectivity index (χ1n) is 8.48. The quantitative estimate of drug-likeness (QED) is 0.888. The van der Waals surface area contributed by atoms with Gasteiger partial charge in [-0.05, 0) is 54.9 Å². The molecule has 0 aliphatic carbocycles. The SMILES string of the molecule is Cc1cc2c(cc1O)CCN(Cc1csc(CCC(C)C)n1)C2. The summed E-state index contributed by atoms with van der Waals surface area (Å²) in [5.74, 6) is 1.16. The van der Waals surface area contributed by atoms with Crippen LogP contribution in [-0.2, 0) is 25.9 Å². The lowest BCUT2D eigenvalue weighted by molar-refractivity contribution is 0.242. The highest BCUT2D eigenvalue weighted by Crippen LogP contribution is 2.27. The molecule has 1 aromatic heterocycles. The van der Waals surface area contributed by atoms with Gasteiger partial charge in [-0.3, -0.25) is 4.90 Å². The van der Waals surface area contributed by atoms with Crippen LogP contribution in [0.5, 0.6) is 5.75 Å². The molecule has 2 heterocycles. The molecule has 0 radical (unpaired) electrons. The number of aromatic nitrogens is 1. The summed E-state index contributed by atoms with van der Waals surface area (Å²) >= 11 is 1.80. The van der Waals surface area contributed by atoms with E-state index in [0.29, 0.717) is 5.75 Å². The van der Waals surface area contributed by atoms with Crippen LogP contribution in [0.4, 0.5) is 0 Å². The summed E-state index contributed by atoms with van der Waals surface area (Å²) < 4.78 is 0. The van der Waals surface area contributed by atoms with E-state index in [9.17, 15) is 5.11 Å². The molecule has 1 aromatic carbocycles. The van der Waals surface area contributed by atoms with Gasteiger partial charge in [0.15, 0.2) is 0 Å². The number of benzene rings is 1. The molecule has 0 saturated heterocycles. The van der Waals surface area contributed by atoms with E-state index in [4.69, 9.17) is 4.98 Å². The van der Waals surface area contributed by atoms with E-state index in [1.165, 1.54) is 28.2 Å². The average Bonchev–Trinajstić information content (AvgIpc) is 2.94. The first-order chi connectivity index (χ1) is 11.0. The van der Waals surface area contributed by atoms with Gasteiger partial charge in [0.05, 0.1) is 10.7 Å². The molecule has 0 fully saturated rings. The second-order valence-corrected chi connectivity index (χ2v) is 7.98. The number of phenolic OH excluding ortho intramolecular Hbond substituents is 1. The first-order valence-corrected chi connectivity index (χ1v) is 9.36. The smallest absolute Gasteiger partial charge is 0.118 e. The fourth-order valence-corrected chi connectivity index (χ4v) is 3.90. The molecule has 124 valence electrons. The van der Waals surface area contributed by atoms with E-state index in [2.05, 4.69) is 30.2 Å². The molecule has 0 unspecified atom stereocenters. The zero-order valence-corrected chi connectivity index (χ0v) is 15.1. The molecule has 3 rings (SSSR count). The minimum absolute atomic E-state index is 0.423. The van der Waals surface area contributed by atoms with Gasteiger partial charge in [-0.2, -0.15) is 0 Å². The van der Waals surface area contributed by atoms with Crippen molar-refractivity contribution in [3.05, 3.63) is 44.9 Å². The Morgan fingerprint density at radius 3 is 2.91 bits per heavy atom. The number of aryl methyl sites for hydroxylation is 2. The number of hydrogen-bond acceptors (Lipinski definition) is 4. The molecule has 0 bridgehead atoms. The van der Waals surface area contributed by atoms with Gasteiger partial charge in [-0.25, -0.2) is 4.98 Å². The van der Waals surface area contributed by atoms with E-state index in [1.54, 1.807) is 11.3 Å². The fourth-order valence-electron chi connectivity index (χ4n) is 3.09. The van der Waals surface area contributed by atoms with Crippen molar-refractivity contribution in [3.8, 4) is 5.75 Å². The van der Waals surface area contributed by atoms with Gasteiger partial charge < -0.3 is 5.11 Å². The highest BCUT2D eigenvalue weighted by Gasteiger charge is 2.18. The van der Waals surface area contributed by atoms with Crippen LogP contribution in [-0.4, -0.2) is 21.5 Å². The minimum atomic E-state index is 0.423. The normalized spacial score (nSPS) is 15.1. The zero-order valence-electron chi connectivity index (χ0n) is 14.3. The van der Waals surface area contributed by atoms with Gasteiger partial charge >= 0.3 is 0 Å². The highest BCUT2D eigenvalue weighted by atomic mass is 32.1. The zero-order chi connectivity index (χ0) is 16.4. The Morgan fingerprint density at radius 1 is 1.30 bits per heavy atom. The Balaban J connectivity index is 1.62. The molecule has 0 amide bonds. The molecule has 0 atom stereocenters. The lowest BCUT2D eigenvalue weighted by Crippen LogP contribution is -2.30. The Labute approximate surface area is 143 Å². The molecule has 0 spiro atoms. The molecule has 23 heavy (non-hydrogen) atoms. The summed E-state index contributed by atoms with van der Waals surface area (Å²) in [6.07, 6.45) is 3.32. The molecular weight excluding hydrogens is 304 g/mol. The van der Waals surface area contributed by atoms with Gasteiger partial charge in [0, 0.05) is 25.0 Å². The molecular formula is C19H26N2OS. The van der Waals surface area contributed by atoms with E-state index in [1.807, 2.05) is 13.0 Å². The Hall–Kier alpha value is -1.39. The van der Waals surface area contributed by atoms with Crippen LogP contribution < -0.4 is 0 Å². The van der Waals surface area contributed by atoms with Gasteiger partial charge in [0.1, 0.15) is 5.75 Å². The van der Waals surface area contributed by atoms with Crippen molar-refractivity contribution in [2.75, 3.05) is 6.54 Å². The summed E-state index contributed by atoms with van der Waals surface area (Å²) in [4.78, 5) is 7.26. The molecule has 2 aromatic rings. The number of thiazole rings is 1. The van der Waals surface area contributed by atoms with Crippen molar-refractivity contribution in [1.29, 1.82) is 0 Å². The Bertz CT molecular complexity index is 678. The summed E-state index contributed by atoms with van der Waals surface area (Å²) in [6, 6.07) is 4.07. The monoisotopic (exact) mass is 330 g/mol. The second-order valence-electron chi connectivity index (χ2n) is 7.03. The fraction of sp³-hybridized carbons (Fsp3) is 0.526. The molecule has 1 N–H and O–H groups in total. The third-order valence-corrected chi connectivity index (χ3v) is 5.49. The van der Waals surface area contributed by atoms with Crippen molar-refractivity contribution in [3.63, 3.8) is 0 Å². The van der Waals surface area contributed by atoms with Crippen LogP contribution in [0.1, 0.15) is 47.7 Å². The van der Waals surface area contributed by atoms with Gasteiger partial charge in [-0.1, -0.05) is 19.9 Å². The largest absolute Gasteiger partial charge is 0.508 e. The van der Waals surface area contributed by atoms with E-state index >= 15 is 0 Å². The molecule has 1 aliphatic heterocycles. The molecule has 1 aliphatic rings. The maximum absolute atomic E-state index is 9.85. The second kappa shape index (κ2) is 7.02. The van der Waals surface area contributed by atoms with E-state index in [-0.39, 0.29) is 0 Å². The lowest BCUT2D eigenvalue weighted by Gasteiger charge is -2.28. The van der Waals surface area contributed by atoms with Gasteiger partial charge in [-0.15, -0.1) is 11.3 Å². The first kappa shape index (κ1) is 16.5. The lowest BCUT2D eigenvalue weighted by atomic mass is 9.97. The maximum Gasteiger partial charge on any atom is 0.118 e. The van der Waals surface area contributed by atoms with Gasteiger partial charge in [0.2, 0.25) is 0 Å². The standard InChI is InChI=1S/C19H26N2OS/c1-13(2)4-5-19-20-17(12-23-19)11-21-7-6-15-9-18(22)14(3)8-16(15)10-21/h8-9,12-13,22H,4-7,10-11H2,1-3H3. The van der Waals surface area contributed by atoms with E-state index < -0.39 is 0 Å². The number of phenols is 1. The van der Waals surface area contributed by atoms with Crippen LogP contribution in [0.3, 0.4) is 0 Å². The van der Waals surface area contributed by atoms with Crippen LogP contribution in [0, 0.1) is 12.8 Å². The van der Waals surface area contributed by atoms with Crippen LogP contribution in [0.25, 0.3) is 0 Å². The number of fused-ring (bicyclic) bond motifs is 1. The topological polar surface area (TPSA) is 36.4 Å². The Morgan fingerprint density at radius 2 is 2.13 bits per heavy atom. The maximum atomic E-state index is 9.85. The summed E-state index contributed by atoms with van der Waals surface area (Å²) in [5.41, 5.74) is 4.81. The van der Waals surface area contributed by atoms with Crippen molar-refractivity contribution in [2.45, 2.75) is 53.1 Å². The third kappa shape index (κ3) is 4.12. The van der Waals surface area contributed by atoms with Gasteiger partial charge in [0.25, 0.3) is 0 Å². The average molecular weight is 330 g/mol. The summed E-state index contributed by atoms with van der Waals surface area (Å²) in [7, 11) is 0.